The number of likely N-dealkylation sites (tertiary alicyclic amines) is 1. The molecule has 1 fully saturated rings. The Labute approximate surface area is 208 Å². The molecule has 2 heterocycles. The summed E-state index contributed by atoms with van der Waals surface area (Å²) in [5.74, 6) is 0.738. The molecule has 1 amide bonds. The molecule has 1 aromatic heterocycles. The minimum absolute atomic E-state index is 0.0261. The first-order chi connectivity index (χ1) is 16.9. The Hall–Kier alpha value is -3.36. The molecule has 1 aliphatic rings. The minimum Gasteiger partial charge on any atom is -0.489 e. The van der Waals surface area contributed by atoms with E-state index in [1.54, 1.807) is 6.07 Å². The lowest BCUT2D eigenvalue weighted by Gasteiger charge is -2.23. The van der Waals surface area contributed by atoms with Gasteiger partial charge in [-0.05, 0) is 48.2 Å². The van der Waals surface area contributed by atoms with Crippen molar-refractivity contribution >= 4 is 23.5 Å². The van der Waals surface area contributed by atoms with Crippen molar-refractivity contribution in [3.8, 4) is 5.75 Å². The number of halogens is 1. The highest BCUT2D eigenvalue weighted by Crippen LogP contribution is 2.32. The van der Waals surface area contributed by atoms with Gasteiger partial charge in [0.15, 0.2) is 0 Å². The summed E-state index contributed by atoms with van der Waals surface area (Å²) >= 11 is 5.91. The first kappa shape index (κ1) is 24.8. The van der Waals surface area contributed by atoms with Crippen molar-refractivity contribution in [3.05, 3.63) is 82.2 Å². The molecule has 35 heavy (non-hydrogen) atoms. The number of rotatable bonds is 9. The second-order valence-corrected chi connectivity index (χ2v) is 8.97. The van der Waals surface area contributed by atoms with Crippen LogP contribution in [0.4, 0.5) is 0 Å². The molecule has 0 saturated carbocycles. The molecule has 0 radical (unpaired) electrons. The van der Waals surface area contributed by atoms with Gasteiger partial charge >= 0.3 is 5.97 Å². The molecule has 3 aromatic rings. The zero-order chi connectivity index (χ0) is 24.8. The molecule has 4 rings (SSSR count). The van der Waals surface area contributed by atoms with Crippen LogP contribution in [0.2, 0.25) is 5.02 Å². The third kappa shape index (κ3) is 6.41. The minimum atomic E-state index is -0.819. The van der Waals surface area contributed by atoms with Crippen molar-refractivity contribution in [2.24, 2.45) is 5.73 Å². The highest BCUT2D eigenvalue weighted by Gasteiger charge is 2.32. The molecule has 1 unspecified atom stereocenters. The highest BCUT2D eigenvalue weighted by molar-refractivity contribution is 6.30. The lowest BCUT2D eigenvalue weighted by atomic mass is 10.1. The van der Waals surface area contributed by atoms with Gasteiger partial charge in [-0.15, -0.1) is 0 Å². The van der Waals surface area contributed by atoms with Gasteiger partial charge in [0.05, 0.1) is 19.6 Å². The van der Waals surface area contributed by atoms with Crippen LogP contribution in [0.3, 0.4) is 0 Å². The van der Waals surface area contributed by atoms with E-state index in [0.717, 1.165) is 29.7 Å². The average molecular weight is 498 g/mol. The molecule has 184 valence electrons. The molecule has 1 saturated heterocycles. The maximum atomic E-state index is 13.1. The van der Waals surface area contributed by atoms with E-state index in [1.807, 2.05) is 53.4 Å². The summed E-state index contributed by atoms with van der Waals surface area (Å²) in [6, 6.07) is 15.9. The van der Waals surface area contributed by atoms with E-state index in [2.05, 4.69) is 9.89 Å². The topological polar surface area (TPSA) is 108 Å². The van der Waals surface area contributed by atoms with Crippen LogP contribution in [-0.2, 0) is 33.8 Å². The number of hydrogen-bond donors (Lipinski definition) is 1. The Morgan fingerprint density at radius 3 is 2.60 bits per heavy atom. The molecule has 0 aliphatic carbocycles. The largest absolute Gasteiger partial charge is 0.489 e. The summed E-state index contributed by atoms with van der Waals surface area (Å²) in [6.45, 7) is 1.10. The Morgan fingerprint density at radius 2 is 1.89 bits per heavy atom. The number of hydrogen-bond acceptors (Lipinski definition) is 7. The Bertz CT molecular complexity index is 1150. The summed E-state index contributed by atoms with van der Waals surface area (Å²) in [5.41, 5.74) is 8.41. The van der Waals surface area contributed by atoms with Crippen LogP contribution in [0.1, 0.15) is 41.5 Å². The van der Waals surface area contributed by atoms with Gasteiger partial charge in [0, 0.05) is 24.1 Å². The van der Waals surface area contributed by atoms with E-state index in [0.29, 0.717) is 29.6 Å². The highest BCUT2D eigenvalue weighted by atomic mass is 35.5. The van der Waals surface area contributed by atoms with Gasteiger partial charge in [0.1, 0.15) is 29.9 Å². The van der Waals surface area contributed by atoms with Crippen LogP contribution in [0.25, 0.3) is 0 Å². The van der Waals surface area contributed by atoms with Crippen LogP contribution in [0.5, 0.6) is 5.75 Å². The van der Waals surface area contributed by atoms with Gasteiger partial charge in [0.2, 0.25) is 5.91 Å². The summed E-state index contributed by atoms with van der Waals surface area (Å²) in [6.07, 6.45) is 2.16. The predicted molar refractivity (Wildman–Crippen MR) is 130 cm³/mol. The van der Waals surface area contributed by atoms with Crippen LogP contribution >= 0.6 is 11.6 Å². The number of aromatic nitrogens is 1. The van der Waals surface area contributed by atoms with Crippen LogP contribution in [0, 0.1) is 0 Å². The van der Waals surface area contributed by atoms with Gasteiger partial charge < -0.3 is 24.6 Å². The number of amides is 1. The Balaban J connectivity index is 1.32. The van der Waals surface area contributed by atoms with E-state index in [9.17, 15) is 9.59 Å². The predicted octanol–water partition coefficient (Wildman–Crippen LogP) is 3.86. The zero-order valence-electron chi connectivity index (χ0n) is 19.5. The zero-order valence-corrected chi connectivity index (χ0v) is 20.2. The summed E-state index contributed by atoms with van der Waals surface area (Å²) in [5, 5.41) is 4.83. The van der Waals surface area contributed by atoms with Gasteiger partial charge in [-0.25, -0.2) is 0 Å². The third-order valence-corrected chi connectivity index (χ3v) is 6.27. The number of methoxy groups -OCH3 is 1. The van der Waals surface area contributed by atoms with Gasteiger partial charge in [0.25, 0.3) is 0 Å². The third-order valence-electron chi connectivity index (χ3n) is 6.01. The van der Waals surface area contributed by atoms with Crippen molar-refractivity contribution in [2.45, 2.75) is 44.4 Å². The summed E-state index contributed by atoms with van der Waals surface area (Å²) in [7, 11) is 1.29. The number of carbonyl (C=O) groups excluding carboxylic acids is 2. The molecule has 0 spiro atoms. The molecular weight excluding hydrogens is 470 g/mol. The Kier molecular flexibility index (Phi) is 8.05. The van der Waals surface area contributed by atoms with E-state index in [1.165, 1.54) is 7.11 Å². The average Bonchev–Trinajstić information content (AvgIpc) is 3.53. The molecule has 1 aliphatic heterocycles. The second kappa shape index (κ2) is 11.4. The van der Waals surface area contributed by atoms with Crippen molar-refractivity contribution in [1.82, 2.24) is 10.1 Å². The first-order valence-corrected chi connectivity index (χ1v) is 11.9. The van der Waals surface area contributed by atoms with Crippen LogP contribution in [-0.4, -0.2) is 41.6 Å². The van der Waals surface area contributed by atoms with E-state index < -0.39 is 12.0 Å². The fraction of sp³-hybridized carbons (Fsp3) is 0.346. The normalized spacial score (nSPS) is 16.2. The fourth-order valence-electron chi connectivity index (χ4n) is 4.13. The summed E-state index contributed by atoms with van der Waals surface area (Å²) < 4.78 is 15.8. The number of nitrogens with zero attached hydrogens (tertiary/aromatic N) is 2. The molecule has 2 aromatic carbocycles. The second-order valence-electron chi connectivity index (χ2n) is 8.53. The maximum Gasteiger partial charge on any atom is 0.323 e. The number of benzene rings is 2. The summed E-state index contributed by atoms with van der Waals surface area (Å²) in [4.78, 5) is 26.5. The lowest BCUT2D eigenvalue weighted by molar-refractivity contribution is -0.142. The maximum absolute atomic E-state index is 13.1. The number of esters is 1. The van der Waals surface area contributed by atoms with Gasteiger partial charge in [-0.2, -0.15) is 0 Å². The SMILES string of the molecule is COC(=O)C(N)Cc1cc([C@@H]2CCCN2C(=O)Cc2ccc(OCc3ccc(Cl)cc3)cc2)no1. The number of nitrogens with two attached hydrogens (primary N) is 1. The monoisotopic (exact) mass is 497 g/mol. The smallest absolute Gasteiger partial charge is 0.323 e. The van der Waals surface area contributed by atoms with Crippen LogP contribution < -0.4 is 10.5 Å². The van der Waals surface area contributed by atoms with Crippen molar-refractivity contribution in [1.29, 1.82) is 0 Å². The van der Waals surface area contributed by atoms with Crippen molar-refractivity contribution in [3.63, 3.8) is 0 Å². The van der Waals surface area contributed by atoms with Crippen LogP contribution in [0.15, 0.2) is 59.1 Å². The van der Waals surface area contributed by atoms with E-state index in [-0.39, 0.29) is 24.8 Å². The quantitative estimate of drug-likeness (QED) is 0.447. The first-order valence-electron chi connectivity index (χ1n) is 11.5. The van der Waals surface area contributed by atoms with Crippen molar-refractivity contribution < 1.29 is 23.6 Å². The number of carbonyl (C=O) groups is 2. The number of ether oxygens (including phenoxy) is 2. The molecule has 0 bridgehead atoms. The molecule has 8 nitrogen and oxygen atoms in total. The molecule has 2 N–H and O–H groups in total. The standard InChI is InChI=1S/C26H28ClN3O5/c1-33-26(32)22(28)14-21-15-23(29-35-21)24-3-2-12-30(24)25(31)13-17-6-10-20(11-7-17)34-16-18-4-8-19(27)9-5-18/h4-11,15,22,24H,2-3,12-14,16,28H2,1H3/t22?,24-/m0/s1. The molecule has 9 heteroatoms. The van der Waals surface area contributed by atoms with Gasteiger partial charge in [-0.3, -0.25) is 9.59 Å². The molecular formula is C26H28ClN3O5. The molecule has 2 atom stereocenters. The van der Waals surface area contributed by atoms with E-state index >= 15 is 0 Å². The van der Waals surface area contributed by atoms with Crippen molar-refractivity contribution in [2.75, 3.05) is 13.7 Å². The fourth-order valence-corrected chi connectivity index (χ4v) is 4.26. The van der Waals surface area contributed by atoms with E-state index in [4.69, 9.17) is 26.6 Å². The lowest BCUT2D eigenvalue weighted by Crippen LogP contribution is -2.33. The van der Waals surface area contributed by atoms with Gasteiger partial charge in [-0.1, -0.05) is 41.0 Å². The Morgan fingerprint density at radius 1 is 1.17 bits per heavy atom.